The van der Waals surface area contributed by atoms with Crippen LogP contribution in [-0.2, 0) is 0 Å². The van der Waals surface area contributed by atoms with E-state index in [0.717, 1.165) is 22.2 Å². The van der Waals surface area contributed by atoms with Crippen LogP contribution < -0.4 is 0 Å². The first-order chi connectivity index (χ1) is 9.24. The second kappa shape index (κ2) is 5.60. The molecular formula is C12H11NO3S3. The van der Waals surface area contributed by atoms with Crippen LogP contribution in [0.2, 0.25) is 0 Å². The summed E-state index contributed by atoms with van der Waals surface area (Å²) < 4.78 is 5.26. The number of nitrogens with zero attached hydrogens (tertiary/aromatic N) is 1. The molecule has 1 atom stereocenters. The fourth-order valence-electron chi connectivity index (χ4n) is 1.76. The summed E-state index contributed by atoms with van der Waals surface area (Å²) in [6.45, 7) is 0. The van der Waals surface area contributed by atoms with Gasteiger partial charge in [-0.1, -0.05) is 0 Å². The Balaban J connectivity index is 1.81. The summed E-state index contributed by atoms with van der Waals surface area (Å²) in [6, 6.07) is 1.52. The van der Waals surface area contributed by atoms with Crippen LogP contribution in [-0.4, -0.2) is 33.3 Å². The maximum Gasteiger partial charge on any atom is 0.338 e. The van der Waals surface area contributed by atoms with Crippen molar-refractivity contribution >= 4 is 40.8 Å². The van der Waals surface area contributed by atoms with Gasteiger partial charge in [0.25, 0.3) is 0 Å². The second-order valence-corrected chi connectivity index (χ2v) is 7.36. The Morgan fingerprint density at radius 3 is 3.05 bits per heavy atom. The highest BCUT2D eigenvalue weighted by Crippen LogP contribution is 2.39. The zero-order chi connectivity index (χ0) is 13.2. The highest BCUT2D eigenvalue weighted by Gasteiger charge is 2.21. The van der Waals surface area contributed by atoms with Gasteiger partial charge >= 0.3 is 5.97 Å². The van der Waals surface area contributed by atoms with Crippen molar-refractivity contribution in [2.75, 3.05) is 17.3 Å². The number of thioether (sulfide) groups is 2. The van der Waals surface area contributed by atoms with Crippen molar-refractivity contribution in [3.05, 3.63) is 28.3 Å². The molecule has 2 aromatic rings. The predicted molar refractivity (Wildman–Crippen MR) is 79.3 cm³/mol. The monoisotopic (exact) mass is 313 g/mol. The van der Waals surface area contributed by atoms with E-state index in [2.05, 4.69) is 4.98 Å². The standard InChI is InChI=1S/C12H11NO3S3/c14-12(15)7-3-9(16-4-7)8-5-19-11(13-8)10-6-17-1-2-18-10/h3-5,10H,1-2,6H2,(H,14,15). The molecule has 1 N–H and O–H groups in total. The molecular weight excluding hydrogens is 302 g/mol. The van der Waals surface area contributed by atoms with E-state index >= 15 is 0 Å². The van der Waals surface area contributed by atoms with Crippen LogP contribution in [0.25, 0.3) is 11.5 Å². The number of rotatable bonds is 3. The van der Waals surface area contributed by atoms with Crippen LogP contribution in [0.15, 0.2) is 22.1 Å². The normalized spacial score (nSPS) is 19.5. The molecule has 19 heavy (non-hydrogen) atoms. The van der Waals surface area contributed by atoms with Crippen LogP contribution in [0.1, 0.15) is 20.6 Å². The lowest BCUT2D eigenvalue weighted by molar-refractivity contribution is 0.0696. The third kappa shape index (κ3) is 2.82. The van der Waals surface area contributed by atoms with Gasteiger partial charge in [0.1, 0.15) is 17.0 Å². The van der Waals surface area contributed by atoms with E-state index in [9.17, 15) is 4.79 Å². The Kier molecular flexibility index (Phi) is 3.86. The summed E-state index contributed by atoms with van der Waals surface area (Å²) in [6.07, 6.45) is 1.25. The Hall–Kier alpha value is -0.920. The van der Waals surface area contributed by atoms with E-state index in [1.165, 1.54) is 18.1 Å². The number of aromatic nitrogens is 1. The molecule has 0 spiro atoms. The van der Waals surface area contributed by atoms with Gasteiger partial charge in [0.15, 0.2) is 5.76 Å². The molecule has 0 aromatic carbocycles. The molecule has 1 aliphatic rings. The van der Waals surface area contributed by atoms with Crippen LogP contribution in [0.3, 0.4) is 0 Å². The average molecular weight is 313 g/mol. The van der Waals surface area contributed by atoms with E-state index < -0.39 is 5.97 Å². The van der Waals surface area contributed by atoms with Crippen LogP contribution in [0.5, 0.6) is 0 Å². The fourth-order valence-corrected chi connectivity index (χ4v) is 5.57. The summed E-state index contributed by atoms with van der Waals surface area (Å²) in [5.74, 6) is 3.00. The summed E-state index contributed by atoms with van der Waals surface area (Å²) in [5.41, 5.74) is 0.885. The van der Waals surface area contributed by atoms with Gasteiger partial charge in [0, 0.05) is 28.7 Å². The van der Waals surface area contributed by atoms with Crippen LogP contribution in [0, 0.1) is 0 Å². The van der Waals surface area contributed by atoms with Crippen molar-refractivity contribution in [3.8, 4) is 11.5 Å². The van der Waals surface area contributed by atoms with Crippen molar-refractivity contribution in [3.63, 3.8) is 0 Å². The Morgan fingerprint density at radius 1 is 1.47 bits per heavy atom. The Bertz CT molecular complexity index is 587. The van der Waals surface area contributed by atoms with Crippen molar-refractivity contribution < 1.29 is 14.3 Å². The molecule has 3 heterocycles. The summed E-state index contributed by atoms with van der Waals surface area (Å²) in [5, 5.41) is 12.3. The SMILES string of the molecule is O=C(O)c1coc(-c2csc(C3CSCCS3)n2)c1. The zero-order valence-corrected chi connectivity index (χ0v) is 12.3. The van der Waals surface area contributed by atoms with Gasteiger partial charge < -0.3 is 9.52 Å². The first-order valence-electron chi connectivity index (χ1n) is 5.71. The Labute approximate surface area is 122 Å². The minimum Gasteiger partial charge on any atom is -0.478 e. The van der Waals surface area contributed by atoms with E-state index in [1.54, 1.807) is 11.3 Å². The third-order valence-electron chi connectivity index (χ3n) is 2.71. The lowest BCUT2D eigenvalue weighted by Crippen LogP contribution is -2.05. The van der Waals surface area contributed by atoms with Crippen molar-refractivity contribution in [2.45, 2.75) is 5.25 Å². The fraction of sp³-hybridized carbons (Fsp3) is 0.333. The summed E-state index contributed by atoms with van der Waals surface area (Å²) in [7, 11) is 0. The molecule has 100 valence electrons. The number of thiazole rings is 1. The van der Waals surface area contributed by atoms with Gasteiger partial charge in [0.05, 0.1) is 10.8 Å². The largest absolute Gasteiger partial charge is 0.478 e. The molecule has 1 aliphatic heterocycles. The Morgan fingerprint density at radius 2 is 2.37 bits per heavy atom. The van der Waals surface area contributed by atoms with Gasteiger partial charge in [-0.25, -0.2) is 9.78 Å². The molecule has 0 saturated carbocycles. The second-order valence-electron chi connectivity index (χ2n) is 4.01. The highest BCUT2D eigenvalue weighted by molar-refractivity contribution is 8.06. The number of carboxylic acid groups (broad SMARTS) is 1. The van der Waals surface area contributed by atoms with E-state index in [0.29, 0.717) is 11.0 Å². The third-order valence-corrected chi connectivity index (χ3v) is 6.58. The van der Waals surface area contributed by atoms with Crippen molar-refractivity contribution in [2.24, 2.45) is 0 Å². The van der Waals surface area contributed by atoms with E-state index in [1.807, 2.05) is 28.9 Å². The number of furan rings is 1. The number of carboxylic acids is 1. The van der Waals surface area contributed by atoms with E-state index in [-0.39, 0.29) is 5.56 Å². The van der Waals surface area contributed by atoms with Crippen molar-refractivity contribution in [1.29, 1.82) is 0 Å². The number of hydrogen-bond donors (Lipinski definition) is 1. The maximum atomic E-state index is 10.8. The number of hydrogen-bond acceptors (Lipinski definition) is 6. The molecule has 4 nitrogen and oxygen atoms in total. The van der Waals surface area contributed by atoms with Crippen LogP contribution >= 0.6 is 34.9 Å². The maximum absolute atomic E-state index is 10.8. The van der Waals surface area contributed by atoms with E-state index in [4.69, 9.17) is 9.52 Å². The smallest absolute Gasteiger partial charge is 0.338 e. The zero-order valence-electron chi connectivity index (χ0n) is 9.87. The average Bonchev–Trinajstić information content (AvgIpc) is 3.09. The first-order valence-corrected chi connectivity index (χ1v) is 8.79. The summed E-state index contributed by atoms with van der Waals surface area (Å²) >= 11 is 5.51. The van der Waals surface area contributed by atoms with Gasteiger partial charge in [-0.3, -0.25) is 0 Å². The molecule has 0 aliphatic carbocycles. The van der Waals surface area contributed by atoms with Crippen molar-refractivity contribution in [1.82, 2.24) is 4.98 Å². The first kappa shape index (κ1) is 13.1. The van der Waals surface area contributed by atoms with Gasteiger partial charge in [-0.05, 0) is 0 Å². The van der Waals surface area contributed by atoms with Gasteiger partial charge in [0.2, 0.25) is 0 Å². The quantitative estimate of drug-likeness (QED) is 0.933. The lowest BCUT2D eigenvalue weighted by Gasteiger charge is -2.18. The summed E-state index contributed by atoms with van der Waals surface area (Å²) in [4.78, 5) is 15.4. The number of aromatic carboxylic acids is 1. The van der Waals surface area contributed by atoms with Crippen LogP contribution in [0.4, 0.5) is 0 Å². The molecule has 7 heteroatoms. The predicted octanol–water partition coefficient (Wildman–Crippen LogP) is 3.62. The molecule has 1 fully saturated rings. The molecule has 0 radical (unpaired) electrons. The van der Waals surface area contributed by atoms with Gasteiger partial charge in [-0.2, -0.15) is 11.8 Å². The molecule has 1 saturated heterocycles. The minimum atomic E-state index is -0.982. The highest BCUT2D eigenvalue weighted by atomic mass is 32.2. The molecule has 2 aromatic heterocycles. The minimum absolute atomic E-state index is 0.159. The molecule has 3 rings (SSSR count). The topological polar surface area (TPSA) is 63.3 Å². The molecule has 1 unspecified atom stereocenters. The molecule has 0 amide bonds. The van der Waals surface area contributed by atoms with Gasteiger partial charge in [-0.15, -0.1) is 23.1 Å². The lowest BCUT2D eigenvalue weighted by atomic mass is 10.3. The molecule has 0 bridgehead atoms. The number of carbonyl (C=O) groups is 1.